The van der Waals surface area contributed by atoms with Crippen molar-refractivity contribution >= 4 is 23.3 Å². The van der Waals surface area contributed by atoms with Crippen molar-refractivity contribution < 1.29 is 18.4 Å². The van der Waals surface area contributed by atoms with Crippen LogP contribution in [-0.4, -0.2) is 42.5 Å². The summed E-state index contributed by atoms with van der Waals surface area (Å²) in [5.41, 5.74) is 0.554. The Morgan fingerprint density at radius 2 is 1.71 bits per heavy atom. The number of carbonyl (C=O) groups excluding carboxylic acids is 2. The van der Waals surface area contributed by atoms with E-state index in [0.29, 0.717) is 25.9 Å². The Morgan fingerprint density at radius 3 is 2.43 bits per heavy atom. The van der Waals surface area contributed by atoms with Crippen molar-refractivity contribution in [3.05, 3.63) is 60.2 Å². The molecule has 0 spiro atoms. The first-order valence-corrected chi connectivity index (χ1v) is 9.09. The van der Waals surface area contributed by atoms with Gasteiger partial charge in [0.1, 0.15) is 11.6 Å². The number of halogens is 2. The normalized spacial score (nSPS) is 15.1. The number of rotatable bonds is 5. The highest BCUT2D eigenvalue weighted by Crippen LogP contribution is 2.16. The summed E-state index contributed by atoms with van der Waals surface area (Å²) >= 11 is 0. The second-order valence-electron chi connectivity index (χ2n) is 6.69. The number of nitrogens with zero attached hydrogens (tertiary/aromatic N) is 1. The fourth-order valence-corrected chi connectivity index (χ4v) is 3.10. The molecule has 1 saturated heterocycles. The fourth-order valence-electron chi connectivity index (χ4n) is 3.10. The molecule has 6 nitrogen and oxygen atoms in total. The van der Waals surface area contributed by atoms with E-state index in [0.717, 1.165) is 23.9 Å². The van der Waals surface area contributed by atoms with Crippen LogP contribution in [0.15, 0.2) is 48.5 Å². The van der Waals surface area contributed by atoms with Gasteiger partial charge in [-0.25, -0.2) is 13.6 Å². The topological polar surface area (TPSA) is 73.5 Å². The van der Waals surface area contributed by atoms with E-state index in [2.05, 4.69) is 16.0 Å². The molecule has 28 heavy (non-hydrogen) atoms. The van der Waals surface area contributed by atoms with Gasteiger partial charge in [-0.3, -0.25) is 9.69 Å². The summed E-state index contributed by atoms with van der Waals surface area (Å²) in [6, 6.07) is 11.9. The molecule has 8 heteroatoms. The van der Waals surface area contributed by atoms with E-state index in [4.69, 9.17) is 0 Å². The summed E-state index contributed by atoms with van der Waals surface area (Å²) in [7, 11) is 0. The number of amides is 3. The summed E-state index contributed by atoms with van der Waals surface area (Å²) in [6.45, 7) is 1.32. The van der Waals surface area contributed by atoms with E-state index in [-0.39, 0.29) is 24.3 Å². The van der Waals surface area contributed by atoms with Gasteiger partial charge in [0, 0.05) is 30.9 Å². The maximum atomic E-state index is 13.6. The Labute approximate surface area is 161 Å². The molecule has 0 unspecified atom stereocenters. The van der Waals surface area contributed by atoms with Crippen LogP contribution in [0.2, 0.25) is 0 Å². The van der Waals surface area contributed by atoms with Gasteiger partial charge in [0.2, 0.25) is 5.91 Å². The molecule has 0 aromatic heterocycles. The predicted octanol–water partition coefficient (Wildman–Crippen LogP) is 3.19. The molecular weight excluding hydrogens is 366 g/mol. The van der Waals surface area contributed by atoms with E-state index < -0.39 is 17.5 Å². The van der Waals surface area contributed by atoms with Gasteiger partial charge in [0.05, 0.1) is 12.2 Å². The largest absolute Gasteiger partial charge is 0.335 e. The number of para-hydroxylation sites is 1. The highest BCUT2D eigenvalue weighted by Gasteiger charge is 2.22. The molecule has 0 bridgehead atoms. The third-order valence-corrected chi connectivity index (χ3v) is 4.52. The molecule has 0 radical (unpaired) electrons. The monoisotopic (exact) mass is 388 g/mol. The number of hydrogen-bond acceptors (Lipinski definition) is 3. The second-order valence-corrected chi connectivity index (χ2v) is 6.69. The third kappa shape index (κ3) is 5.75. The zero-order chi connectivity index (χ0) is 19.9. The molecular formula is C20H22F2N4O2. The Hall–Kier alpha value is -3.00. The van der Waals surface area contributed by atoms with Gasteiger partial charge in [0.25, 0.3) is 0 Å². The van der Waals surface area contributed by atoms with E-state index in [1.807, 2.05) is 35.2 Å². The van der Waals surface area contributed by atoms with Crippen molar-refractivity contribution in [3.63, 3.8) is 0 Å². The number of nitrogens with one attached hydrogen (secondary N) is 3. The number of urea groups is 1. The highest BCUT2D eigenvalue weighted by atomic mass is 19.1. The molecule has 1 fully saturated rings. The minimum absolute atomic E-state index is 0.0173. The van der Waals surface area contributed by atoms with Gasteiger partial charge in [-0.2, -0.15) is 0 Å². The zero-order valence-electron chi connectivity index (χ0n) is 15.3. The Balaban J connectivity index is 1.40. The SMILES string of the molecule is O=C(CN1CCC(NC(=O)Nc2ccccc2)CC1)Nc1cc(F)ccc1F. The maximum absolute atomic E-state index is 13.6. The molecule has 2 aromatic rings. The lowest BCUT2D eigenvalue weighted by Crippen LogP contribution is -2.47. The summed E-state index contributed by atoms with van der Waals surface area (Å²) in [4.78, 5) is 26.0. The van der Waals surface area contributed by atoms with Crippen molar-refractivity contribution in [1.29, 1.82) is 0 Å². The van der Waals surface area contributed by atoms with Crippen LogP contribution in [0.5, 0.6) is 0 Å². The van der Waals surface area contributed by atoms with Crippen LogP contribution in [0.1, 0.15) is 12.8 Å². The van der Waals surface area contributed by atoms with Crippen LogP contribution in [0.25, 0.3) is 0 Å². The molecule has 3 N–H and O–H groups in total. The average molecular weight is 388 g/mol. The van der Waals surface area contributed by atoms with Crippen molar-refractivity contribution in [2.45, 2.75) is 18.9 Å². The molecule has 3 amide bonds. The van der Waals surface area contributed by atoms with Crippen LogP contribution < -0.4 is 16.0 Å². The molecule has 148 valence electrons. The minimum Gasteiger partial charge on any atom is -0.335 e. The third-order valence-electron chi connectivity index (χ3n) is 4.52. The van der Waals surface area contributed by atoms with Crippen LogP contribution >= 0.6 is 0 Å². The van der Waals surface area contributed by atoms with Crippen molar-refractivity contribution in [2.24, 2.45) is 0 Å². The lowest BCUT2D eigenvalue weighted by molar-refractivity contribution is -0.117. The first kappa shape index (κ1) is 19.8. The van der Waals surface area contributed by atoms with Crippen LogP contribution in [0, 0.1) is 11.6 Å². The summed E-state index contributed by atoms with van der Waals surface area (Å²) in [5, 5.41) is 8.10. The highest BCUT2D eigenvalue weighted by molar-refractivity contribution is 5.92. The van der Waals surface area contributed by atoms with Gasteiger partial charge < -0.3 is 16.0 Å². The molecule has 0 aliphatic carbocycles. The first-order chi connectivity index (χ1) is 13.5. The van der Waals surface area contributed by atoms with E-state index >= 15 is 0 Å². The van der Waals surface area contributed by atoms with Gasteiger partial charge in [-0.1, -0.05) is 18.2 Å². The number of piperidine rings is 1. The molecule has 1 aliphatic heterocycles. The van der Waals surface area contributed by atoms with E-state index in [1.54, 1.807) is 0 Å². The fraction of sp³-hybridized carbons (Fsp3) is 0.300. The number of anilines is 2. The maximum Gasteiger partial charge on any atom is 0.319 e. The van der Waals surface area contributed by atoms with E-state index in [9.17, 15) is 18.4 Å². The van der Waals surface area contributed by atoms with Gasteiger partial charge in [-0.15, -0.1) is 0 Å². The Bertz CT molecular complexity index is 824. The lowest BCUT2D eigenvalue weighted by atomic mass is 10.1. The van der Waals surface area contributed by atoms with Crippen molar-refractivity contribution in [2.75, 3.05) is 30.3 Å². The van der Waals surface area contributed by atoms with Gasteiger partial charge in [0.15, 0.2) is 0 Å². The summed E-state index contributed by atoms with van der Waals surface area (Å²) < 4.78 is 26.8. The molecule has 2 aromatic carbocycles. The van der Waals surface area contributed by atoms with Crippen molar-refractivity contribution in [1.82, 2.24) is 10.2 Å². The minimum atomic E-state index is -0.679. The molecule has 0 saturated carbocycles. The quantitative estimate of drug-likeness (QED) is 0.737. The van der Waals surface area contributed by atoms with E-state index in [1.165, 1.54) is 0 Å². The van der Waals surface area contributed by atoms with Crippen molar-refractivity contribution in [3.8, 4) is 0 Å². The molecule has 3 rings (SSSR count). The zero-order valence-corrected chi connectivity index (χ0v) is 15.3. The number of benzene rings is 2. The molecule has 0 atom stereocenters. The molecule has 1 aliphatic rings. The Kier molecular flexibility index (Phi) is 6.54. The van der Waals surface area contributed by atoms with Gasteiger partial charge in [-0.05, 0) is 37.1 Å². The van der Waals surface area contributed by atoms with Crippen LogP contribution in [0.4, 0.5) is 25.0 Å². The second kappa shape index (κ2) is 9.27. The van der Waals surface area contributed by atoms with Crippen LogP contribution in [-0.2, 0) is 4.79 Å². The Morgan fingerprint density at radius 1 is 1.00 bits per heavy atom. The average Bonchev–Trinajstić information content (AvgIpc) is 2.67. The van der Waals surface area contributed by atoms with Crippen LogP contribution in [0.3, 0.4) is 0 Å². The smallest absolute Gasteiger partial charge is 0.319 e. The first-order valence-electron chi connectivity index (χ1n) is 9.09. The number of hydrogen-bond donors (Lipinski definition) is 3. The summed E-state index contributed by atoms with van der Waals surface area (Å²) in [6.07, 6.45) is 1.40. The summed E-state index contributed by atoms with van der Waals surface area (Å²) in [5.74, 6) is -1.70. The van der Waals surface area contributed by atoms with Gasteiger partial charge >= 0.3 is 6.03 Å². The lowest BCUT2D eigenvalue weighted by Gasteiger charge is -2.31. The molecule has 1 heterocycles. The standard InChI is InChI=1S/C20H22F2N4O2/c21-14-6-7-17(22)18(12-14)25-19(27)13-26-10-8-16(9-11-26)24-20(28)23-15-4-2-1-3-5-15/h1-7,12,16H,8-11,13H2,(H,25,27)(H2,23,24,28). The number of carbonyl (C=O) groups is 2. The predicted molar refractivity (Wildman–Crippen MR) is 103 cm³/mol. The number of likely N-dealkylation sites (tertiary alicyclic amines) is 1.